The van der Waals surface area contributed by atoms with E-state index in [9.17, 15) is 9.59 Å². The topological polar surface area (TPSA) is 84.1 Å². The maximum absolute atomic E-state index is 12.7. The summed E-state index contributed by atoms with van der Waals surface area (Å²) in [4.78, 5) is 25.3. The van der Waals surface area contributed by atoms with Crippen molar-refractivity contribution in [2.24, 2.45) is 5.92 Å². The van der Waals surface area contributed by atoms with Crippen LogP contribution >= 0.6 is 0 Å². The molecule has 4 aromatic rings. The van der Waals surface area contributed by atoms with E-state index in [-0.39, 0.29) is 30.4 Å². The highest BCUT2D eigenvalue weighted by atomic mass is 16.5. The number of rotatable bonds is 9. The van der Waals surface area contributed by atoms with Crippen molar-refractivity contribution in [3.63, 3.8) is 0 Å². The normalized spacial score (nSPS) is 11.8. The van der Waals surface area contributed by atoms with Crippen molar-refractivity contribution in [2.75, 3.05) is 12.4 Å². The predicted octanol–water partition coefficient (Wildman–Crippen LogP) is 5.86. The zero-order valence-corrected chi connectivity index (χ0v) is 20.3. The van der Waals surface area contributed by atoms with E-state index in [4.69, 9.17) is 10.00 Å². The number of aryl methyl sites for hydroxylation is 1. The average Bonchev–Trinajstić information content (AvgIpc) is 3.16. The summed E-state index contributed by atoms with van der Waals surface area (Å²) in [5, 5.41) is 14.4. The molecular weight excluding hydrogens is 438 g/mol. The summed E-state index contributed by atoms with van der Waals surface area (Å²) in [6, 6.07) is 21.5. The van der Waals surface area contributed by atoms with Crippen LogP contribution in [0.4, 0.5) is 5.69 Å². The number of aromatic nitrogens is 1. The molecule has 0 spiro atoms. The molecule has 1 heterocycles. The van der Waals surface area contributed by atoms with Gasteiger partial charge >= 0.3 is 0 Å². The number of nitriles is 1. The van der Waals surface area contributed by atoms with Crippen molar-refractivity contribution in [2.45, 2.75) is 39.7 Å². The van der Waals surface area contributed by atoms with Crippen LogP contribution in [0.25, 0.3) is 21.8 Å². The van der Waals surface area contributed by atoms with Crippen LogP contribution in [0.1, 0.15) is 37.8 Å². The minimum atomic E-state index is -0.107. The van der Waals surface area contributed by atoms with Crippen LogP contribution in [-0.2, 0) is 22.6 Å². The fourth-order valence-corrected chi connectivity index (χ4v) is 4.70. The third-order valence-electron chi connectivity index (χ3n) is 6.27. The largest absolute Gasteiger partial charge is 0.495 e. The molecule has 3 aromatic carbocycles. The molecule has 1 amide bonds. The minimum absolute atomic E-state index is 0.0471. The molecule has 0 fully saturated rings. The van der Waals surface area contributed by atoms with Crippen molar-refractivity contribution in [1.29, 1.82) is 5.26 Å². The molecule has 1 aromatic heterocycles. The van der Waals surface area contributed by atoms with Crippen LogP contribution in [0.3, 0.4) is 0 Å². The van der Waals surface area contributed by atoms with E-state index < -0.39 is 0 Å². The molecule has 1 N–H and O–H groups in total. The van der Waals surface area contributed by atoms with Gasteiger partial charge in [0.25, 0.3) is 0 Å². The lowest BCUT2D eigenvalue weighted by molar-refractivity contribution is -0.120. The maximum Gasteiger partial charge on any atom is 0.224 e. The van der Waals surface area contributed by atoms with Crippen molar-refractivity contribution < 1.29 is 14.3 Å². The number of fused-ring (bicyclic) bond motifs is 3. The van der Waals surface area contributed by atoms with E-state index in [2.05, 4.69) is 35.0 Å². The molecule has 0 saturated carbocycles. The number of ether oxygens (including phenoxy) is 1. The summed E-state index contributed by atoms with van der Waals surface area (Å²) in [6.45, 7) is 4.91. The molecule has 178 valence electrons. The standard InChI is InChI=1S/C29H29N3O3/c1-4-32-26-8-6-5-7-24(26)25-17-22(11-12-27(25)32)31-29(34)14-19(2)13-23(33)15-20-9-10-21(18-30)28(16-20)35-3/h5-12,16-17,19H,4,13-15H2,1-3H3,(H,31,34). The Morgan fingerprint density at radius 3 is 2.54 bits per heavy atom. The number of ketones is 1. The highest BCUT2D eigenvalue weighted by Crippen LogP contribution is 2.31. The predicted molar refractivity (Wildman–Crippen MR) is 139 cm³/mol. The number of amides is 1. The van der Waals surface area contributed by atoms with Gasteiger partial charge < -0.3 is 14.6 Å². The smallest absolute Gasteiger partial charge is 0.224 e. The molecular formula is C29H29N3O3. The number of para-hydroxylation sites is 1. The number of anilines is 1. The Balaban J connectivity index is 1.38. The number of carbonyl (C=O) groups is 2. The number of methoxy groups -OCH3 is 1. The molecule has 35 heavy (non-hydrogen) atoms. The van der Waals surface area contributed by atoms with Crippen molar-refractivity contribution >= 4 is 39.2 Å². The monoisotopic (exact) mass is 467 g/mol. The van der Waals surface area contributed by atoms with Crippen LogP contribution in [0.5, 0.6) is 5.75 Å². The molecule has 0 aliphatic heterocycles. The van der Waals surface area contributed by atoms with Crippen LogP contribution in [0.2, 0.25) is 0 Å². The van der Waals surface area contributed by atoms with Crippen molar-refractivity contribution in [1.82, 2.24) is 4.57 Å². The average molecular weight is 468 g/mol. The Hall–Kier alpha value is -4.11. The van der Waals surface area contributed by atoms with Gasteiger partial charge in [-0.15, -0.1) is 0 Å². The van der Waals surface area contributed by atoms with E-state index >= 15 is 0 Å². The first-order valence-electron chi connectivity index (χ1n) is 11.8. The summed E-state index contributed by atoms with van der Waals surface area (Å²) in [5.74, 6) is 0.313. The number of benzene rings is 3. The molecule has 1 atom stereocenters. The van der Waals surface area contributed by atoms with Gasteiger partial charge in [-0.3, -0.25) is 9.59 Å². The Morgan fingerprint density at radius 1 is 1.03 bits per heavy atom. The van der Waals surface area contributed by atoms with Crippen molar-refractivity contribution in [3.8, 4) is 11.8 Å². The quantitative estimate of drug-likeness (QED) is 0.334. The summed E-state index contributed by atoms with van der Waals surface area (Å²) >= 11 is 0. The minimum Gasteiger partial charge on any atom is -0.495 e. The number of hydrogen-bond donors (Lipinski definition) is 1. The fourth-order valence-electron chi connectivity index (χ4n) is 4.70. The Morgan fingerprint density at radius 2 is 1.80 bits per heavy atom. The molecule has 1 unspecified atom stereocenters. The summed E-state index contributed by atoms with van der Waals surface area (Å²) < 4.78 is 7.49. The number of Topliss-reactive ketones (excluding diaryl/α,β-unsaturated/α-hetero) is 1. The van der Waals surface area contributed by atoms with Gasteiger partial charge in [0.1, 0.15) is 17.6 Å². The van der Waals surface area contributed by atoms with Gasteiger partial charge in [-0.05, 0) is 54.8 Å². The second kappa shape index (κ2) is 10.4. The summed E-state index contributed by atoms with van der Waals surface area (Å²) in [6.07, 6.45) is 0.808. The third-order valence-corrected chi connectivity index (χ3v) is 6.27. The lowest BCUT2D eigenvalue weighted by Crippen LogP contribution is -2.17. The number of hydrogen-bond acceptors (Lipinski definition) is 4. The molecule has 0 aliphatic rings. The molecule has 0 bridgehead atoms. The maximum atomic E-state index is 12.7. The number of nitrogens with one attached hydrogen (secondary N) is 1. The molecule has 6 nitrogen and oxygen atoms in total. The van der Waals surface area contributed by atoms with E-state index in [0.29, 0.717) is 17.7 Å². The fraction of sp³-hybridized carbons (Fsp3) is 0.276. The Labute approximate surface area is 205 Å². The zero-order valence-electron chi connectivity index (χ0n) is 20.3. The molecule has 0 saturated heterocycles. The lowest BCUT2D eigenvalue weighted by Gasteiger charge is -2.12. The van der Waals surface area contributed by atoms with E-state index in [1.54, 1.807) is 18.2 Å². The van der Waals surface area contributed by atoms with E-state index in [1.807, 2.05) is 37.3 Å². The van der Waals surface area contributed by atoms with E-state index in [0.717, 1.165) is 28.7 Å². The highest BCUT2D eigenvalue weighted by Gasteiger charge is 2.16. The SMILES string of the molecule is CCn1c2ccccc2c2cc(NC(=O)CC(C)CC(=O)Cc3ccc(C#N)c(OC)c3)ccc21. The lowest BCUT2D eigenvalue weighted by atomic mass is 9.96. The second-order valence-electron chi connectivity index (χ2n) is 8.92. The number of carbonyl (C=O) groups excluding carboxylic acids is 2. The third kappa shape index (κ3) is 5.20. The second-order valence-corrected chi connectivity index (χ2v) is 8.92. The molecule has 0 aliphatic carbocycles. The first-order valence-corrected chi connectivity index (χ1v) is 11.8. The van der Waals surface area contributed by atoms with Crippen molar-refractivity contribution in [3.05, 3.63) is 71.8 Å². The highest BCUT2D eigenvalue weighted by molar-refractivity contribution is 6.09. The summed E-state index contributed by atoms with van der Waals surface area (Å²) in [5.41, 5.74) is 4.31. The molecule has 4 rings (SSSR count). The van der Waals surface area contributed by atoms with Crippen LogP contribution in [0, 0.1) is 17.2 Å². The van der Waals surface area contributed by atoms with Gasteiger partial charge in [-0.2, -0.15) is 5.26 Å². The van der Waals surface area contributed by atoms with Gasteiger partial charge in [-0.1, -0.05) is 31.2 Å². The molecule has 6 heteroatoms. The van der Waals surface area contributed by atoms with Crippen LogP contribution in [-0.4, -0.2) is 23.4 Å². The van der Waals surface area contributed by atoms with Gasteiger partial charge in [0.2, 0.25) is 5.91 Å². The summed E-state index contributed by atoms with van der Waals surface area (Å²) in [7, 11) is 1.50. The first-order chi connectivity index (χ1) is 16.9. The van der Waals surface area contributed by atoms with Crippen LogP contribution < -0.4 is 10.1 Å². The van der Waals surface area contributed by atoms with Crippen LogP contribution in [0.15, 0.2) is 60.7 Å². The van der Waals surface area contributed by atoms with Gasteiger partial charge in [0, 0.05) is 53.3 Å². The van der Waals surface area contributed by atoms with Gasteiger partial charge in [0.05, 0.1) is 12.7 Å². The molecule has 0 radical (unpaired) electrons. The Kier molecular flexibility index (Phi) is 7.17. The Bertz CT molecular complexity index is 1450. The van der Waals surface area contributed by atoms with Gasteiger partial charge in [-0.25, -0.2) is 0 Å². The van der Waals surface area contributed by atoms with Gasteiger partial charge in [0.15, 0.2) is 0 Å². The van der Waals surface area contributed by atoms with E-state index in [1.165, 1.54) is 18.0 Å². The zero-order chi connectivity index (χ0) is 24.9. The number of nitrogens with zero attached hydrogens (tertiary/aromatic N) is 2. The first kappa shape index (κ1) is 24.0.